The van der Waals surface area contributed by atoms with Crippen molar-refractivity contribution in [2.45, 2.75) is 19.8 Å². The van der Waals surface area contributed by atoms with E-state index in [1.54, 1.807) is 56.6 Å². The summed E-state index contributed by atoms with van der Waals surface area (Å²) >= 11 is 6.13. The Balaban J connectivity index is 1.88. The molecule has 1 aromatic heterocycles. The predicted molar refractivity (Wildman–Crippen MR) is 115 cm³/mol. The molecule has 0 amide bonds. The van der Waals surface area contributed by atoms with Gasteiger partial charge in [-0.05, 0) is 55.3 Å². The van der Waals surface area contributed by atoms with Crippen molar-refractivity contribution in [3.63, 3.8) is 0 Å². The first-order valence-electron chi connectivity index (χ1n) is 9.36. The summed E-state index contributed by atoms with van der Waals surface area (Å²) in [6, 6.07) is 10.5. The van der Waals surface area contributed by atoms with Crippen LogP contribution < -0.4 is 0 Å². The number of aromatic nitrogens is 1. The summed E-state index contributed by atoms with van der Waals surface area (Å²) in [7, 11) is 0. The van der Waals surface area contributed by atoms with Crippen LogP contribution in [0.5, 0.6) is 0 Å². The molecule has 30 heavy (non-hydrogen) atoms. The van der Waals surface area contributed by atoms with Gasteiger partial charge in [-0.2, -0.15) is 0 Å². The van der Waals surface area contributed by atoms with Crippen LogP contribution in [0.1, 0.15) is 30.9 Å². The molecule has 1 aliphatic rings. The van der Waals surface area contributed by atoms with Crippen LogP contribution in [-0.4, -0.2) is 34.3 Å². The molecule has 2 atom stereocenters. The quantitative estimate of drug-likeness (QED) is 0.688. The molecule has 0 bridgehead atoms. The zero-order valence-corrected chi connectivity index (χ0v) is 17.3. The standard InChI is InChI=1S/C23H21ClN2O4/c1-14-19(22(27)28)21(17-6-3-7-18(24)13-17)20(15(2)26-14)23(29)30-12-4-5-16-8-10-25-11-9-16/h3-11,13,19,21H,12H2,1-2H3,(H,27,28). The molecule has 0 radical (unpaired) electrons. The molecule has 0 saturated heterocycles. The average molecular weight is 425 g/mol. The first-order valence-corrected chi connectivity index (χ1v) is 9.74. The Hall–Kier alpha value is -3.25. The van der Waals surface area contributed by atoms with Gasteiger partial charge in [0.05, 0.1) is 5.57 Å². The van der Waals surface area contributed by atoms with E-state index < -0.39 is 23.8 Å². The van der Waals surface area contributed by atoms with E-state index in [9.17, 15) is 14.7 Å². The monoisotopic (exact) mass is 424 g/mol. The second-order valence-electron chi connectivity index (χ2n) is 6.88. The molecule has 2 heterocycles. The van der Waals surface area contributed by atoms with Crippen molar-refractivity contribution in [3.05, 3.63) is 82.3 Å². The molecule has 1 aromatic carbocycles. The van der Waals surface area contributed by atoms with Gasteiger partial charge in [-0.1, -0.05) is 29.8 Å². The van der Waals surface area contributed by atoms with E-state index in [1.165, 1.54) is 0 Å². The number of benzene rings is 1. The summed E-state index contributed by atoms with van der Waals surface area (Å²) in [6.07, 6.45) is 6.87. The van der Waals surface area contributed by atoms with Crippen molar-refractivity contribution in [2.24, 2.45) is 10.9 Å². The number of nitrogens with zero attached hydrogens (tertiary/aromatic N) is 2. The smallest absolute Gasteiger partial charge is 0.336 e. The van der Waals surface area contributed by atoms with Crippen molar-refractivity contribution in [1.82, 2.24) is 4.98 Å². The number of aliphatic carboxylic acids is 1. The Bertz CT molecular complexity index is 1040. The fourth-order valence-corrected chi connectivity index (χ4v) is 3.74. The average Bonchev–Trinajstić information content (AvgIpc) is 2.71. The lowest BCUT2D eigenvalue weighted by Crippen LogP contribution is -2.35. The Kier molecular flexibility index (Phi) is 6.79. The van der Waals surface area contributed by atoms with E-state index >= 15 is 0 Å². The minimum absolute atomic E-state index is 0.0423. The number of halogens is 1. The third kappa shape index (κ3) is 4.83. The first-order chi connectivity index (χ1) is 14.4. The predicted octanol–water partition coefficient (Wildman–Crippen LogP) is 4.52. The Morgan fingerprint density at radius 3 is 2.60 bits per heavy atom. The van der Waals surface area contributed by atoms with E-state index in [1.807, 2.05) is 18.2 Å². The van der Waals surface area contributed by atoms with Gasteiger partial charge in [0.15, 0.2) is 0 Å². The van der Waals surface area contributed by atoms with Crippen LogP contribution in [0.2, 0.25) is 5.02 Å². The molecular weight excluding hydrogens is 404 g/mol. The summed E-state index contributed by atoms with van der Waals surface area (Å²) in [4.78, 5) is 33.2. The molecule has 2 aromatic rings. The number of aliphatic imine (C=N–C) groups is 1. The van der Waals surface area contributed by atoms with Crippen LogP contribution >= 0.6 is 11.6 Å². The van der Waals surface area contributed by atoms with Crippen LogP contribution in [0.15, 0.2) is 71.1 Å². The summed E-state index contributed by atoms with van der Waals surface area (Å²) in [5.74, 6) is -3.38. The lowest BCUT2D eigenvalue weighted by atomic mass is 9.75. The molecule has 2 unspecified atom stereocenters. The molecule has 3 rings (SSSR count). The number of pyridine rings is 1. The number of hydrogen-bond donors (Lipinski definition) is 1. The molecule has 1 N–H and O–H groups in total. The summed E-state index contributed by atoms with van der Waals surface area (Å²) < 4.78 is 5.42. The normalized spacial score (nSPS) is 19.0. The van der Waals surface area contributed by atoms with E-state index in [-0.39, 0.29) is 12.2 Å². The number of esters is 1. The third-order valence-electron chi connectivity index (χ3n) is 4.85. The lowest BCUT2D eigenvalue weighted by molar-refractivity contribution is -0.140. The Morgan fingerprint density at radius 1 is 1.20 bits per heavy atom. The molecule has 1 aliphatic heterocycles. The maximum absolute atomic E-state index is 12.9. The van der Waals surface area contributed by atoms with Gasteiger partial charge in [-0.15, -0.1) is 0 Å². The highest BCUT2D eigenvalue weighted by Crippen LogP contribution is 2.40. The fraction of sp³-hybridized carbons (Fsp3) is 0.217. The third-order valence-corrected chi connectivity index (χ3v) is 5.08. The molecule has 154 valence electrons. The number of carbonyl (C=O) groups is 2. The van der Waals surface area contributed by atoms with Gasteiger partial charge in [-0.25, -0.2) is 4.79 Å². The van der Waals surface area contributed by atoms with Crippen LogP contribution in [0.25, 0.3) is 6.08 Å². The van der Waals surface area contributed by atoms with Gasteiger partial charge in [0.2, 0.25) is 0 Å². The summed E-state index contributed by atoms with van der Waals surface area (Å²) in [5, 5.41) is 10.3. The van der Waals surface area contributed by atoms with E-state index in [4.69, 9.17) is 16.3 Å². The summed E-state index contributed by atoms with van der Waals surface area (Å²) in [6.45, 7) is 3.38. The van der Waals surface area contributed by atoms with Gasteiger partial charge in [0, 0.05) is 34.7 Å². The zero-order chi connectivity index (χ0) is 21.7. The van der Waals surface area contributed by atoms with Gasteiger partial charge in [0.1, 0.15) is 12.5 Å². The van der Waals surface area contributed by atoms with E-state index in [2.05, 4.69) is 9.98 Å². The number of carboxylic acids is 1. The second-order valence-corrected chi connectivity index (χ2v) is 7.32. The SMILES string of the molecule is CC1=NC(C)=C(C(=O)OCC=Cc2ccncc2)C(c2cccc(Cl)c2)C1C(=O)O. The van der Waals surface area contributed by atoms with Crippen molar-refractivity contribution in [1.29, 1.82) is 0 Å². The fourth-order valence-electron chi connectivity index (χ4n) is 3.54. The lowest BCUT2D eigenvalue weighted by Gasteiger charge is -2.30. The number of carbonyl (C=O) groups excluding carboxylic acids is 1. The number of carboxylic acid groups (broad SMARTS) is 1. The van der Waals surface area contributed by atoms with Crippen LogP contribution in [0, 0.1) is 5.92 Å². The highest BCUT2D eigenvalue weighted by atomic mass is 35.5. The molecule has 7 heteroatoms. The first kappa shape index (κ1) is 21.5. The number of ether oxygens (including phenoxy) is 1. The largest absolute Gasteiger partial charge is 0.481 e. The Labute approximate surface area is 179 Å². The Morgan fingerprint density at radius 2 is 1.93 bits per heavy atom. The van der Waals surface area contributed by atoms with Gasteiger partial charge in [0.25, 0.3) is 0 Å². The molecule has 0 spiro atoms. The van der Waals surface area contributed by atoms with E-state index in [0.29, 0.717) is 22.0 Å². The molecule has 0 saturated carbocycles. The van der Waals surface area contributed by atoms with Gasteiger partial charge >= 0.3 is 11.9 Å². The van der Waals surface area contributed by atoms with Gasteiger partial charge < -0.3 is 9.84 Å². The molecule has 0 fully saturated rings. The van der Waals surface area contributed by atoms with Crippen molar-refractivity contribution in [3.8, 4) is 0 Å². The number of allylic oxidation sites excluding steroid dienone is 1. The zero-order valence-electron chi connectivity index (χ0n) is 16.6. The topological polar surface area (TPSA) is 88.9 Å². The second kappa shape index (κ2) is 9.50. The van der Waals surface area contributed by atoms with Gasteiger partial charge in [-0.3, -0.25) is 14.8 Å². The minimum atomic E-state index is -1.06. The highest BCUT2D eigenvalue weighted by Gasteiger charge is 2.41. The van der Waals surface area contributed by atoms with Crippen LogP contribution in [0.4, 0.5) is 0 Å². The summed E-state index contributed by atoms with van der Waals surface area (Å²) in [5.41, 5.74) is 2.66. The molecule has 6 nitrogen and oxygen atoms in total. The highest BCUT2D eigenvalue weighted by molar-refractivity contribution is 6.30. The van der Waals surface area contributed by atoms with Crippen molar-refractivity contribution in [2.75, 3.05) is 6.61 Å². The maximum Gasteiger partial charge on any atom is 0.336 e. The molecular formula is C23H21ClN2O4. The maximum atomic E-state index is 12.9. The number of rotatable bonds is 6. The molecule has 0 aliphatic carbocycles. The number of hydrogen-bond acceptors (Lipinski definition) is 5. The van der Waals surface area contributed by atoms with E-state index in [0.717, 1.165) is 5.56 Å². The van der Waals surface area contributed by atoms with Crippen molar-refractivity contribution >= 4 is 35.3 Å². The minimum Gasteiger partial charge on any atom is -0.481 e. The van der Waals surface area contributed by atoms with Crippen molar-refractivity contribution < 1.29 is 19.4 Å². The van der Waals surface area contributed by atoms with Crippen LogP contribution in [-0.2, 0) is 14.3 Å². The van der Waals surface area contributed by atoms with Crippen LogP contribution in [0.3, 0.4) is 0 Å².